The molecule has 0 fully saturated rings. The van der Waals surface area contributed by atoms with Gasteiger partial charge in [0.25, 0.3) is 5.91 Å². The highest BCUT2D eigenvalue weighted by molar-refractivity contribution is 6.31. The van der Waals surface area contributed by atoms with E-state index in [0.717, 1.165) is 41.4 Å². The van der Waals surface area contributed by atoms with E-state index in [0.29, 0.717) is 22.0 Å². The lowest BCUT2D eigenvalue weighted by Gasteiger charge is -2.13. The average molecular weight is 352 g/mol. The molecule has 0 saturated carbocycles. The second-order valence-electron chi connectivity index (χ2n) is 6.02. The average Bonchev–Trinajstić information content (AvgIpc) is 3.19. The fraction of sp³-hybridized carbons (Fsp3) is 0.222. The third-order valence-electron chi connectivity index (χ3n) is 4.49. The van der Waals surface area contributed by atoms with E-state index in [-0.39, 0.29) is 5.91 Å². The maximum atomic E-state index is 13.1. The van der Waals surface area contributed by atoms with Gasteiger partial charge in [0, 0.05) is 23.2 Å². The zero-order chi connectivity index (χ0) is 17.6. The molecule has 7 heteroatoms. The minimum absolute atomic E-state index is 0.270. The van der Waals surface area contributed by atoms with Crippen LogP contribution in [0, 0.1) is 11.3 Å². The van der Waals surface area contributed by atoms with Crippen molar-refractivity contribution in [3.05, 3.63) is 51.8 Å². The van der Waals surface area contributed by atoms with Gasteiger partial charge in [0.2, 0.25) is 0 Å². The number of amides is 1. The first-order chi connectivity index (χ1) is 12.1. The lowest BCUT2D eigenvalue weighted by atomic mass is 10.0. The molecule has 25 heavy (non-hydrogen) atoms. The van der Waals surface area contributed by atoms with Gasteiger partial charge in [-0.1, -0.05) is 11.6 Å². The zero-order valence-electron chi connectivity index (χ0n) is 13.5. The Labute approximate surface area is 149 Å². The number of hydrogen-bond donors (Lipinski definition) is 1. The lowest BCUT2D eigenvalue weighted by molar-refractivity contribution is 0.102. The van der Waals surface area contributed by atoms with Gasteiger partial charge < -0.3 is 5.32 Å². The van der Waals surface area contributed by atoms with Gasteiger partial charge in [-0.3, -0.25) is 14.5 Å². The molecular weight excluding hydrogens is 338 g/mol. The minimum atomic E-state index is -0.270. The molecule has 1 aliphatic carbocycles. The Hall–Kier alpha value is -2.91. The summed E-state index contributed by atoms with van der Waals surface area (Å²) in [6.45, 7) is 0. The highest BCUT2D eigenvalue weighted by atomic mass is 35.5. The first-order valence-electron chi connectivity index (χ1n) is 7.93. The molecule has 2 aromatic heterocycles. The van der Waals surface area contributed by atoms with Crippen LogP contribution in [0.15, 0.2) is 24.4 Å². The molecule has 124 valence electrons. The lowest BCUT2D eigenvalue weighted by Crippen LogP contribution is -2.18. The molecule has 2 heterocycles. The van der Waals surface area contributed by atoms with E-state index in [9.17, 15) is 10.1 Å². The van der Waals surface area contributed by atoms with Crippen molar-refractivity contribution < 1.29 is 4.79 Å². The Morgan fingerprint density at radius 1 is 1.40 bits per heavy atom. The van der Waals surface area contributed by atoms with Crippen LogP contribution in [0.3, 0.4) is 0 Å². The number of benzene rings is 1. The molecule has 3 aromatic rings. The van der Waals surface area contributed by atoms with Gasteiger partial charge in [-0.2, -0.15) is 10.4 Å². The number of pyridine rings is 1. The van der Waals surface area contributed by atoms with Gasteiger partial charge in [-0.15, -0.1) is 0 Å². The number of rotatable bonds is 2. The summed E-state index contributed by atoms with van der Waals surface area (Å²) in [6, 6.07) is 7.41. The van der Waals surface area contributed by atoms with E-state index in [2.05, 4.69) is 15.4 Å². The Bertz CT molecular complexity index is 1060. The Balaban J connectivity index is 1.88. The highest BCUT2D eigenvalue weighted by Crippen LogP contribution is 2.32. The Morgan fingerprint density at radius 3 is 3.04 bits per heavy atom. The van der Waals surface area contributed by atoms with Crippen molar-refractivity contribution in [2.75, 3.05) is 5.32 Å². The number of nitrogens with one attached hydrogen (secondary N) is 1. The number of aryl methyl sites for hydroxylation is 2. The second kappa shape index (κ2) is 5.87. The van der Waals surface area contributed by atoms with Gasteiger partial charge in [-0.25, -0.2) is 0 Å². The molecule has 1 amide bonds. The Kier molecular flexibility index (Phi) is 3.66. The smallest absolute Gasteiger partial charge is 0.257 e. The summed E-state index contributed by atoms with van der Waals surface area (Å²) in [7, 11) is 1.68. The summed E-state index contributed by atoms with van der Waals surface area (Å²) in [5.74, 6) is 0.110. The standard InChI is InChI=1S/C18H14ClN5O/c1-24-17(10(8-20)9-21-24)23-18(25)16-12-3-2-4-14(12)22-15-6-5-11(19)7-13(15)16/h5-7,9H,2-4H2,1H3,(H,23,25). The molecule has 4 rings (SSSR count). The summed E-state index contributed by atoms with van der Waals surface area (Å²) in [5, 5.41) is 17.3. The molecule has 1 aliphatic rings. The van der Waals surface area contributed by atoms with Gasteiger partial charge in [0.1, 0.15) is 17.5 Å². The van der Waals surface area contributed by atoms with Crippen LogP contribution in [0.1, 0.15) is 33.6 Å². The molecule has 0 unspecified atom stereocenters. The number of anilines is 1. The van der Waals surface area contributed by atoms with Gasteiger partial charge in [0.15, 0.2) is 0 Å². The molecular formula is C18H14ClN5O. The van der Waals surface area contributed by atoms with E-state index >= 15 is 0 Å². The molecule has 0 atom stereocenters. The maximum Gasteiger partial charge on any atom is 0.257 e. The first kappa shape index (κ1) is 15.6. The number of aromatic nitrogens is 3. The number of halogens is 1. The number of hydrogen-bond acceptors (Lipinski definition) is 4. The highest BCUT2D eigenvalue weighted by Gasteiger charge is 2.25. The van der Waals surface area contributed by atoms with Crippen molar-refractivity contribution in [1.29, 1.82) is 5.26 Å². The fourth-order valence-corrected chi connectivity index (χ4v) is 3.50. The second-order valence-corrected chi connectivity index (χ2v) is 6.46. The predicted octanol–water partition coefficient (Wildman–Crippen LogP) is 3.23. The maximum absolute atomic E-state index is 13.1. The number of carbonyl (C=O) groups excluding carboxylic acids is 1. The molecule has 6 nitrogen and oxygen atoms in total. The van der Waals surface area contributed by atoms with Crippen molar-refractivity contribution in [2.24, 2.45) is 7.05 Å². The van der Waals surface area contributed by atoms with E-state index in [1.807, 2.05) is 12.1 Å². The van der Waals surface area contributed by atoms with Gasteiger partial charge >= 0.3 is 0 Å². The number of carbonyl (C=O) groups is 1. The number of nitrogens with zero attached hydrogens (tertiary/aromatic N) is 4. The van der Waals surface area contributed by atoms with E-state index < -0.39 is 0 Å². The number of nitriles is 1. The van der Waals surface area contributed by atoms with E-state index in [4.69, 9.17) is 11.6 Å². The molecule has 0 radical (unpaired) electrons. The quantitative estimate of drug-likeness (QED) is 0.768. The summed E-state index contributed by atoms with van der Waals surface area (Å²) in [5.41, 5.74) is 3.59. The summed E-state index contributed by atoms with van der Waals surface area (Å²) in [4.78, 5) is 17.8. The van der Waals surface area contributed by atoms with Crippen LogP contribution in [-0.4, -0.2) is 20.7 Å². The molecule has 1 aromatic carbocycles. The normalized spacial score (nSPS) is 12.8. The zero-order valence-corrected chi connectivity index (χ0v) is 14.3. The summed E-state index contributed by atoms with van der Waals surface area (Å²) in [6.07, 6.45) is 4.08. The van der Waals surface area contributed by atoms with Crippen molar-refractivity contribution in [3.8, 4) is 6.07 Å². The third kappa shape index (κ3) is 2.53. The summed E-state index contributed by atoms with van der Waals surface area (Å²) < 4.78 is 1.48. The topological polar surface area (TPSA) is 83.6 Å². The number of fused-ring (bicyclic) bond motifs is 2. The largest absolute Gasteiger partial charge is 0.306 e. The van der Waals surface area contributed by atoms with Crippen LogP contribution in [-0.2, 0) is 19.9 Å². The molecule has 0 spiro atoms. The van der Waals surface area contributed by atoms with Gasteiger partial charge in [0.05, 0.1) is 17.3 Å². The van der Waals surface area contributed by atoms with Crippen molar-refractivity contribution >= 4 is 34.2 Å². The van der Waals surface area contributed by atoms with Crippen LogP contribution in [0.25, 0.3) is 10.9 Å². The monoisotopic (exact) mass is 351 g/mol. The van der Waals surface area contributed by atoms with E-state index in [1.54, 1.807) is 19.2 Å². The van der Waals surface area contributed by atoms with Crippen molar-refractivity contribution in [2.45, 2.75) is 19.3 Å². The van der Waals surface area contributed by atoms with Crippen LogP contribution < -0.4 is 5.32 Å². The molecule has 0 aliphatic heterocycles. The van der Waals surface area contributed by atoms with Gasteiger partial charge in [-0.05, 0) is 43.0 Å². The summed E-state index contributed by atoms with van der Waals surface area (Å²) >= 11 is 6.15. The SMILES string of the molecule is Cn1ncc(C#N)c1NC(=O)c1c2c(nc3ccc(Cl)cc13)CCC2. The van der Waals surface area contributed by atoms with Crippen molar-refractivity contribution in [3.63, 3.8) is 0 Å². The fourth-order valence-electron chi connectivity index (χ4n) is 3.33. The van der Waals surface area contributed by atoms with Crippen LogP contribution in [0.5, 0.6) is 0 Å². The van der Waals surface area contributed by atoms with Crippen LogP contribution in [0.2, 0.25) is 5.02 Å². The predicted molar refractivity (Wildman–Crippen MR) is 94.7 cm³/mol. The third-order valence-corrected chi connectivity index (χ3v) is 4.73. The van der Waals surface area contributed by atoms with E-state index in [1.165, 1.54) is 10.9 Å². The molecule has 0 bridgehead atoms. The van der Waals surface area contributed by atoms with Crippen LogP contribution >= 0.6 is 11.6 Å². The van der Waals surface area contributed by atoms with Crippen molar-refractivity contribution in [1.82, 2.24) is 14.8 Å². The minimum Gasteiger partial charge on any atom is -0.306 e. The molecule has 0 saturated heterocycles. The first-order valence-corrected chi connectivity index (χ1v) is 8.30. The van der Waals surface area contributed by atoms with Crippen LogP contribution in [0.4, 0.5) is 5.82 Å². The molecule has 1 N–H and O–H groups in total. The Morgan fingerprint density at radius 2 is 2.24 bits per heavy atom.